The fraction of sp³-hybridized carbons (Fsp3) is 0.233. The van der Waals surface area contributed by atoms with Gasteiger partial charge in [0.15, 0.2) is 0 Å². The Kier molecular flexibility index (Phi) is 7.53. The Hall–Kier alpha value is -3.40. The Morgan fingerprint density at radius 1 is 1.07 bits per heavy atom. The van der Waals surface area contributed by atoms with Crippen molar-refractivity contribution in [2.45, 2.75) is 25.7 Å². The first-order chi connectivity index (χ1) is 19.4. The van der Waals surface area contributed by atoms with Gasteiger partial charge in [0.2, 0.25) is 5.95 Å². The number of hydrogen-bond acceptors (Lipinski definition) is 7. The van der Waals surface area contributed by atoms with Crippen molar-refractivity contribution in [2.75, 3.05) is 25.0 Å². The number of piperazine rings is 1. The summed E-state index contributed by atoms with van der Waals surface area (Å²) in [4.78, 5) is 16.1. The van der Waals surface area contributed by atoms with Crippen molar-refractivity contribution in [1.29, 1.82) is 0 Å². The van der Waals surface area contributed by atoms with Crippen LogP contribution in [0.15, 0.2) is 71.9 Å². The van der Waals surface area contributed by atoms with Crippen molar-refractivity contribution in [2.24, 2.45) is 4.99 Å². The van der Waals surface area contributed by atoms with Crippen LogP contribution in [0, 0.1) is 5.82 Å². The summed E-state index contributed by atoms with van der Waals surface area (Å²) in [7, 11) is 0. The first-order valence-corrected chi connectivity index (χ1v) is 13.8. The maximum atomic E-state index is 14.8. The van der Waals surface area contributed by atoms with E-state index in [0.717, 1.165) is 30.8 Å². The molecule has 0 aliphatic carbocycles. The molecule has 0 bridgehead atoms. The summed E-state index contributed by atoms with van der Waals surface area (Å²) in [5.74, 6) is 0.0118. The molecule has 2 aliphatic heterocycles. The Labute approximate surface area is 241 Å². The van der Waals surface area contributed by atoms with E-state index in [-0.39, 0.29) is 12.4 Å². The van der Waals surface area contributed by atoms with Crippen LogP contribution in [0.1, 0.15) is 35.4 Å². The molecule has 3 heterocycles. The van der Waals surface area contributed by atoms with E-state index in [9.17, 15) is 9.50 Å². The molecule has 10 heteroatoms. The van der Waals surface area contributed by atoms with E-state index in [4.69, 9.17) is 33.2 Å². The highest BCUT2D eigenvalue weighted by Crippen LogP contribution is 2.35. The predicted molar refractivity (Wildman–Crippen MR) is 157 cm³/mol. The van der Waals surface area contributed by atoms with E-state index in [0.29, 0.717) is 55.8 Å². The number of aliphatic imine (C=N–C) groups is 1. The molecule has 3 N–H and O–H groups in total. The molecule has 2 unspecified atom stereocenters. The monoisotopic (exact) mass is 576 g/mol. The minimum Gasteiger partial charge on any atom is -0.374 e. The van der Waals surface area contributed by atoms with E-state index in [1.165, 1.54) is 6.07 Å². The molecule has 0 saturated carbocycles. The predicted octanol–water partition coefficient (Wildman–Crippen LogP) is 5.97. The standard InChI is InChI=1S/C30H27Cl2FN6O/c1-17-16-39(11-10-34-17)29(40)22-9-7-20(13-25(22)32)37-30-36-15-18-14-35-28(23-4-2-3-5-26(23)33)24-12-19(31)6-8-21(24)27(18)38-30/h2-9,12-13,15,17,29,34,40H,10-11,14,16H2,1H3,(H,36,37,38). The molecule has 40 heavy (non-hydrogen) atoms. The van der Waals surface area contributed by atoms with Crippen LogP contribution >= 0.6 is 23.2 Å². The first-order valence-electron chi connectivity index (χ1n) is 13.0. The highest BCUT2D eigenvalue weighted by Gasteiger charge is 2.25. The zero-order chi connectivity index (χ0) is 27.8. The molecule has 204 valence electrons. The van der Waals surface area contributed by atoms with Gasteiger partial charge in [-0.2, -0.15) is 0 Å². The summed E-state index contributed by atoms with van der Waals surface area (Å²) >= 11 is 13.0. The first kappa shape index (κ1) is 26.8. The van der Waals surface area contributed by atoms with Crippen LogP contribution in [0.3, 0.4) is 0 Å². The molecule has 3 aromatic carbocycles. The molecular formula is C30H27Cl2FN6O. The Morgan fingerprint density at radius 3 is 2.73 bits per heavy atom. The van der Waals surface area contributed by atoms with Crippen LogP contribution < -0.4 is 10.6 Å². The Morgan fingerprint density at radius 2 is 1.93 bits per heavy atom. The van der Waals surface area contributed by atoms with Crippen LogP contribution in [0.25, 0.3) is 11.3 Å². The van der Waals surface area contributed by atoms with Crippen molar-refractivity contribution in [3.8, 4) is 11.3 Å². The summed E-state index contributed by atoms with van der Waals surface area (Å²) in [6, 6.07) is 17.7. The van der Waals surface area contributed by atoms with Crippen molar-refractivity contribution in [1.82, 2.24) is 20.2 Å². The van der Waals surface area contributed by atoms with E-state index in [1.54, 1.807) is 42.6 Å². The minimum absolute atomic E-state index is 0.286. The second-order valence-electron chi connectivity index (χ2n) is 9.99. The highest BCUT2D eigenvalue weighted by atomic mass is 35.5. The second-order valence-corrected chi connectivity index (χ2v) is 10.8. The number of aliphatic hydroxyl groups is 1. The van der Waals surface area contributed by atoms with Crippen molar-refractivity contribution in [3.05, 3.63) is 105 Å². The number of halogens is 3. The van der Waals surface area contributed by atoms with Crippen LogP contribution in [0.5, 0.6) is 0 Å². The fourth-order valence-corrected chi connectivity index (χ4v) is 5.64. The van der Waals surface area contributed by atoms with Gasteiger partial charge in [-0.15, -0.1) is 0 Å². The lowest BCUT2D eigenvalue weighted by Crippen LogP contribution is -2.50. The van der Waals surface area contributed by atoms with Gasteiger partial charge in [0, 0.05) is 75.4 Å². The molecule has 1 saturated heterocycles. The average molecular weight is 577 g/mol. The van der Waals surface area contributed by atoms with Gasteiger partial charge in [-0.3, -0.25) is 9.89 Å². The van der Waals surface area contributed by atoms with Crippen LogP contribution in [-0.2, 0) is 6.54 Å². The molecule has 4 aromatic rings. The van der Waals surface area contributed by atoms with Gasteiger partial charge in [0.05, 0.1) is 18.0 Å². The van der Waals surface area contributed by atoms with Gasteiger partial charge in [-0.25, -0.2) is 14.4 Å². The van der Waals surface area contributed by atoms with Gasteiger partial charge >= 0.3 is 0 Å². The molecule has 0 spiro atoms. The summed E-state index contributed by atoms with van der Waals surface area (Å²) in [5, 5.41) is 18.5. The molecule has 0 radical (unpaired) electrons. The highest BCUT2D eigenvalue weighted by molar-refractivity contribution is 6.32. The van der Waals surface area contributed by atoms with Crippen molar-refractivity contribution < 1.29 is 9.50 Å². The Bertz CT molecular complexity index is 1610. The lowest BCUT2D eigenvalue weighted by molar-refractivity contribution is -0.0137. The van der Waals surface area contributed by atoms with Crippen molar-refractivity contribution in [3.63, 3.8) is 0 Å². The van der Waals surface area contributed by atoms with E-state index in [1.807, 2.05) is 23.1 Å². The van der Waals surface area contributed by atoms with E-state index >= 15 is 0 Å². The van der Waals surface area contributed by atoms with Crippen LogP contribution in [0.4, 0.5) is 16.0 Å². The number of aliphatic hydroxyl groups excluding tert-OH is 1. The number of anilines is 2. The van der Waals surface area contributed by atoms with Crippen LogP contribution in [-0.4, -0.2) is 51.4 Å². The van der Waals surface area contributed by atoms with Gasteiger partial charge in [0.1, 0.15) is 12.0 Å². The summed E-state index contributed by atoms with van der Waals surface area (Å²) in [5.41, 5.74) is 5.22. The topological polar surface area (TPSA) is 85.7 Å². The minimum atomic E-state index is -0.790. The molecule has 1 fully saturated rings. The molecule has 2 aliphatic rings. The summed E-state index contributed by atoms with van der Waals surface area (Å²) in [6.07, 6.45) is 0.934. The molecular weight excluding hydrogens is 550 g/mol. The third-order valence-corrected chi connectivity index (χ3v) is 7.74. The number of fused-ring (bicyclic) bond motifs is 3. The third kappa shape index (κ3) is 5.33. The second kappa shape index (κ2) is 11.2. The number of hydrogen-bond donors (Lipinski definition) is 3. The number of nitrogens with one attached hydrogen (secondary N) is 2. The van der Waals surface area contributed by atoms with Gasteiger partial charge in [-0.05, 0) is 43.3 Å². The average Bonchev–Trinajstić information content (AvgIpc) is 3.09. The number of benzene rings is 3. The quantitative estimate of drug-likeness (QED) is 0.271. The lowest BCUT2D eigenvalue weighted by atomic mass is 9.95. The fourth-order valence-electron chi connectivity index (χ4n) is 5.19. The van der Waals surface area contributed by atoms with E-state index in [2.05, 4.69) is 22.5 Å². The normalized spacial score (nSPS) is 17.8. The van der Waals surface area contributed by atoms with Gasteiger partial charge in [-0.1, -0.05) is 47.5 Å². The largest absolute Gasteiger partial charge is 0.374 e. The van der Waals surface area contributed by atoms with Crippen LogP contribution in [0.2, 0.25) is 10.0 Å². The lowest BCUT2D eigenvalue weighted by Gasteiger charge is -2.35. The van der Waals surface area contributed by atoms with Gasteiger partial charge < -0.3 is 15.7 Å². The molecule has 6 rings (SSSR count). The maximum Gasteiger partial charge on any atom is 0.227 e. The molecule has 1 aromatic heterocycles. The SMILES string of the molecule is CC1CN(C(O)c2ccc(Nc3ncc4c(n3)-c3ccc(Cl)cc3C(c3ccccc3F)=NC4)cc2Cl)CCN1. The smallest absolute Gasteiger partial charge is 0.227 e. The van der Waals surface area contributed by atoms with Gasteiger partial charge in [0.25, 0.3) is 0 Å². The van der Waals surface area contributed by atoms with Crippen molar-refractivity contribution >= 4 is 40.5 Å². The Balaban J connectivity index is 1.30. The zero-order valence-corrected chi connectivity index (χ0v) is 23.2. The maximum absolute atomic E-state index is 14.8. The number of aromatic nitrogens is 2. The number of rotatable bonds is 5. The number of nitrogens with zero attached hydrogens (tertiary/aromatic N) is 4. The van der Waals surface area contributed by atoms with E-state index < -0.39 is 6.23 Å². The summed E-state index contributed by atoms with van der Waals surface area (Å²) in [6.45, 7) is 4.66. The molecule has 0 amide bonds. The molecule has 2 atom stereocenters. The zero-order valence-electron chi connectivity index (χ0n) is 21.7. The molecule has 7 nitrogen and oxygen atoms in total. The third-order valence-electron chi connectivity index (χ3n) is 7.17. The summed E-state index contributed by atoms with van der Waals surface area (Å²) < 4.78 is 14.8.